The molecule has 0 spiro atoms. The van der Waals surface area contributed by atoms with E-state index >= 15 is 0 Å². The van der Waals surface area contributed by atoms with Crippen molar-refractivity contribution < 1.29 is 4.79 Å². The third-order valence-corrected chi connectivity index (χ3v) is 4.75. The molecule has 27 heavy (non-hydrogen) atoms. The molecule has 0 atom stereocenters. The molecule has 2 N–H and O–H groups in total. The van der Waals surface area contributed by atoms with Crippen LogP contribution in [-0.2, 0) is 6.42 Å². The number of aromatic nitrogens is 2. The van der Waals surface area contributed by atoms with Crippen molar-refractivity contribution in [3.63, 3.8) is 0 Å². The second-order valence-electron chi connectivity index (χ2n) is 6.26. The van der Waals surface area contributed by atoms with Gasteiger partial charge in [0.25, 0.3) is 0 Å². The highest BCUT2D eigenvalue weighted by atomic mass is 35.5. The lowest BCUT2D eigenvalue weighted by Crippen LogP contribution is -2.17. The summed E-state index contributed by atoms with van der Waals surface area (Å²) in [6, 6.07) is 14.6. The molecule has 1 aliphatic rings. The first-order chi connectivity index (χ1) is 13.1. The van der Waals surface area contributed by atoms with E-state index in [0.717, 1.165) is 29.9 Å². The van der Waals surface area contributed by atoms with Gasteiger partial charge in [0.05, 0.1) is 11.3 Å². The lowest BCUT2D eigenvalue weighted by Gasteiger charge is -2.19. The van der Waals surface area contributed by atoms with Crippen LogP contribution in [0, 0.1) is 0 Å². The Morgan fingerprint density at radius 2 is 1.67 bits per heavy atom. The van der Waals surface area contributed by atoms with Gasteiger partial charge in [-0.1, -0.05) is 29.3 Å². The zero-order valence-corrected chi connectivity index (χ0v) is 15.8. The lowest BCUT2D eigenvalue weighted by atomic mass is 9.95. The molecular formula is C20H16Cl2N4O. The molecule has 0 amide bonds. The number of hydrogen-bond acceptors (Lipinski definition) is 5. The summed E-state index contributed by atoms with van der Waals surface area (Å²) in [6.45, 7) is 0. The molecular weight excluding hydrogens is 383 g/mol. The number of rotatable bonds is 4. The van der Waals surface area contributed by atoms with E-state index in [4.69, 9.17) is 23.2 Å². The van der Waals surface area contributed by atoms with E-state index < -0.39 is 0 Å². The first kappa shape index (κ1) is 17.8. The predicted octanol–water partition coefficient (Wildman–Crippen LogP) is 5.79. The van der Waals surface area contributed by atoms with Crippen molar-refractivity contribution in [2.45, 2.75) is 19.3 Å². The van der Waals surface area contributed by atoms with Crippen LogP contribution in [0.15, 0.2) is 48.5 Å². The number of benzene rings is 2. The lowest BCUT2D eigenvalue weighted by molar-refractivity contribution is 0.0972. The molecule has 7 heteroatoms. The minimum atomic E-state index is 0.0545. The molecule has 0 aliphatic heterocycles. The largest absolute Gasteiger partial charge is 0.339 e. The maximum atomic E-state index is 12.5. The number of Topliss-reactive ketones (excluding diaryl/α,β-unsaturated/α-hetero) is 1. The Labute approximate surface area is 166 Å². The molecule has 5 nitrogen and oxygen atoms in total. The summed E-state index contributed by atoms with van der Waals surface area (Å²) in [5.74, 6) is 0.970. The number of carbonyl (C=O) groups excluding carboxylic acids is 1. The van der Waals surface area contributed by atoms with Crippen molar-refractivity contribution in [3.8, 4) is 0 Å². The highest BCUT2D eigenvalue weighted by molar-refractivity contribution is 6.31. The molecule has 0 bridgehead atoms. The summed E-state index contributed by atoms with van der Waals surface area (Å²) in [5, 5.41) is 7.66. The van der Waals surface area contributed by atoms with Crippen molar-refractivity contribution in [1.29, 1.82) is 0 Å². The number of halogens is 2. The Morgan fingerprint density at radius 1 is 0.852 bits per heavy atom. The normalized spacial score (nSPS) is 13.2. The molecule has 1 aliphatic carbocycles. The molecule has 0 saturated heterocycles. The van der Waals surface area contributed by atoms with Gasteiger partial charge in [-0.3, -0.25) is 4.79 Å². The van der Waals surface area contributed by atoms with Gasteiger partial charge in [0.1, 0.15) is 5.82 Å². The fraction of sp³-hybridized carbons (Fsp3) is 0.150. The minimum absolute atomic E-state index is 0.0545. The molecule has 0 fully saturated rings. The van der Waals surface area contributed by atoms with Crippen LogP contribution in [0.1, 0.15) is 28.9 Å². The van der Waals surface area contributed by atoms with E-state index in [1.165, 1.54) is 0 Å². The van der Waals surface area contributed by atoms with E-state index in [2.05, 4.69) is 20.6 Å². The zero-order valence-electron chi connectivity index (χ0n) is 14.3. The summed E-state index contributed by atoms with van der Waals surface area (Å²) in [7, 11) is 0. The number of ketones is 1. The Kier molecular flexibility index (Phi) is 4.97. The van der Waals surface area contributed by atoms with Crippen molar-refractivity contribution in [1.82, 2.24) is 9.97 Å². The first-order valence-corrected chi connectivity index (χ1v) is 9.33. The summed E-state index contributed by atoms with van der Waals surface area (Å²) < 4.78 is 0. The average Bonchev–Trinajstić information content (AvgIpc) is 2.64. The van der Waals surface area contributed by atoms with Crippen LogP contribution in [0.4, 0.5) is 23.1 Å². The Morgan fingerprint density at radius 3 is 2.44 bits per heavy atom. The van der Waals surface area contributed by atoms with Gasteiger partial charge in [0, 0.05) is 27.8 Å². The molecule has 2 aromatic carbocycles. The van der Waals surface area contributed by atoms with Crippen LogP contribution in [0.5, 0.6) is 0 Å². The maximum Gasteiger partial charge on any atom is 0.229 e. The van der Waals surface area contributed by atoms with Crippen LogP contribution < -0.4 is 10.6 Å². The number of aryl methyl sites for hydroxylation is 1. The Hall–Kier alpha value is -2.63. The van der Waals surface area contributed by atoms with Crippen molar-refractivity contribution >= 4 is 52.1 Å². The Balaban J connectivity index is 1.73. The summed E-state index contributed by atoms with van der Waals surface area (Å²) >= 11 is 12.0. The highest BCUT2D eigenvalue weighted by Gasteiger charge is 2.24. The number of anilines is 4. The number of hydrogen-bond donors (Lipinski definition) is 2. The van der Waals surface area contributed by atoms with E-state index in [0.29, 0.717) is 33.8 Å². The van der Waals surface area contributed by atoms with Gasteiger partial charge in [-0.25, -0.2) is 4.98 Å². The smallest absolute Gasteiger partial charge is 0.229 e. The third kappa shape index (κ3) is 4.04. The molecule has 0 radical (unpaired) electrons. The summed E-state index contributed by atoms with van der Waals surface area (Å²) in [5.41, 5.74) is 2.89. The molecule has 1 aromatic heterocycles. The minimum Gasteiger partial charge on any atom is -0.339 e. The summed E-state index contributed by atoms with van der Waals surface area (Å²) in [4.78, 5) is 21.6. The van der Waals surface area contributed by atoms with E-state index in [-0.39, 0.29) is 5.78 Å². The fourth-order valence-corrected chi connectivity index (χ4v) is 3.35. The fourth-order valence-electron chi connectivity index (χ4n) is 3.03. The highest BCUT2D eigenvalue weighted by Crippen LogP contribution is 2.30. The maximum absolute atomic E-state index is 12.5. The first-order valence-electron chi connectivity index (χ1n) is 8.58. The number of fused-ring (bicyclic) bond motifs is 1. The average molecular weight is 399 g/mol. The van der Waals surface area contributed by atoms with Crippen molar-refractivity contribution in [2.75, 3.05) is 10.6 Å². The quantitative estimate of drug-likeness (QED) is 0.581. The van der Waals surface area contributed by atoms with E-state index in [1.54, 1.807) is 24.3 Å². The van der Waals surface area contributed by atoms with Crippen molar-refractivity contribution in [3.05, 3.63) is 69.8 Å². The van der Waals surface area contributed by atoms with Crippen LogP contribution in [0.3, 0.4) is 0 Å². The number of carbonyl (C=O) groups is 1. The SMILES string of the molecule is O=C1CCCc2nc(Nc3ccc(Cl)cc3)nc(Nc3cccc(Cl)c3)c21. The molecule has 4 rings (SSSR count). The standard InChI is InChI=1S/C20H16Cl2N4O/c21-12-7-9-14(10-8-12)24-20-25-16-5-2-6-17(27)18(16)19(26-20)23-15-4-1-3-13(22)11-15/h1,3-4,7-11H,2,5-6H2,(H2,23,24,25,26). The summed E-state index contributed by atoms with van der Waals surface area (Å²) in [6.07, 6.45) is 2.04. The van der Waals surface area contributed by atoms with Gasteiger partial charge >= 0.3 is 0 Å². The van der Waals surface area contributed by atoms with Crippen LogP contribution in [0.2, 0.25) is 10.0 Å². The second-order valence-corrected chi connectivity index (χ2v) is 7.13. The van der Waals surface area contributed by atoms with Gasteiger partial charge in [-0.2, -0.15) is 4.98 Å². The molecule has 136 valence electrons. The Bertz CT molecular complexity index is 1010. The number of nitrogens with one attached hydrogen (secondary N) is 2. The van der Waals surface area contributed by atoms with E-state index in [1.807, 2.05) is 24.3 Å². The predicted molar refractivity (Wildman–Crippen MR) is 109 cm³/mol. The molecule has 0 unspecified atom stereocenters. The molecule has 3 aromatic rings. The molecule has 1 heterocycles. The topological polar surface area (TPSA) is 66.9 Å². The van der Waals surface area contributed by atoms with Crippen LogP contribution in [-0.4, -0.2) is 15.8 Å². The molecule has 0 saturated carbocycles. The van der Waals surface area contributed by atoms with Crippen LogP contribution in [0.25, 0.3) is 0 Å². The third-order valence-electron chi connectivity index (χ3n) is 4.27. The van der Waals surface area contributed by atoms with Gasteiger partial charge in [0.15, 0.2) is 5.78 Å². The van der Waals surface area contributed by atoms with Gasteiger partial charge in [0.2, 0.25) is 5.95 Å². The zero-order chi connectivity index (χ0) is 18.8. The second kappa shape index (κ2) is 7.55. The van der Waals surface area contributed by atoms with Gasteiger partial charge < -0.3 is 10.6 Å². The van der Waals surface area contributed by atoms with Crippen LogP contribution >= 0.6 is 23.2 Å². The van der Waals surface area contributed by atoms with Gasteiger partial charge in [-0.05, 0) is 55.3 Å². The van der Waals surface area contributed by atoms with Gasteiger partial charge in [-0.15, -0.1) is 0 Å². The monoisotopic (exact) mass is 398 g/mol. The van der Waals surface area contributed by atoms with E-state index in [9.17, 15) is 4.79 Å². The van der Waals surface area contributed by atoms with Crippen molar-refractivity contribution in [2.24, 2.45) is 0 Å². The number of nitrogens with zero attached hydrogens (tertiary/aromatic N) is 2.